The highest BCUT2D eigenvalue weighted by molar-refractivity contribution is 6.31. The Morgan fingerprint density at radius 3 is 2.53 bits per heavy atom. The quantitative estimate of drug-likeness (QED) is 0.360. The summed E-state index contributed by atoms with van der Waals surface area (Å²) in [7, 11) is 0. The van der Waals surface area contributed by atoms with Gasteiger partial charge in [-0.05, 0) is 49.8 Å². The van der Waals surface area contributed by atoms with E-state index in [9.17, 15) is 9.59 Å². The summed E-state index contributed by atoms with van der Waals surface area (Å²) in [6, 6.07) is 17.4. The number of benzene rings is 2. The zero-order valence-electron chi connectivity index (χ0n) is 20.3. The standard InChI is InChI=1S/C27H29ClN4O4/c1-19-24(26(28)32(30-19)18-21-6-4-3-5-7-21)12-13-25(33)36-20(2)27(34)29-22-8-10-23(11-9-22)31-14-16-35-17-15-31/h3-13,20H,14-18H2,1-2H3,(H,29,34)/b13-12+. The molecule has 1 N–H and O–H groups in total. The van der Waals surface area contributed by atoms with Crippen LogP contribution in [0.2, 0.25) is 5.15 Å². The fourth-order valence-corrected chi connectivity index (χ4v) is 4.15. The van der Waals surface area contributed by atoms with Crippen LogP contribution in [0.25, 0.3) is 6.08 Å². The third-order valence-corrected chi connectivity index (χ3v) is 6.24. The minimum Gasteiger partial charge on any atom is -0.449 e. The molecule has 3 aromatic rings. The van der Waals surface area contributed by atoms with E-state index in [1.807, 2.05) is 61.5 Å². The second-order valence-corrected chi connectivity index (χ2v) is 8.84. The van der Waals surface area contributed by atoms with Gasteiger partial charge >= 0.3 is 5.97 Å². The van der Waals surface area contributed by atoms with Crippen molar-refractivity contribution in [2.45, 2.75) is 26.5 Å². The van der Waals surface area contributed by atoms with Gasteiger partial charge in [-0.2, -0.15) is 5.10 Å². The summed E-state index contributed by atoms with van der Waals surface area (Å²) >= 11 is 6.49. The third-order valence-electron chi connectivity index (χ3n) is 5.84. The van der Waals surface area contributed by atoms with Gasteiger partial charge in [-0.3, -0.25) is 4.79 Å². The van der Waals surface area contributed by atoms with Gasteiger partial charge in [-0.1, -0.05) is 41.9 Å². The lowest BCUT2D eigenvalue weighted by molar-refractivity contribution is -0.148. The molecule has 0 saturated carbocycles. The van der Waals surface area contributed by atoms with E-state index in [4.69, 9.17) is 21.1 Å². The number of carbonyl (C=O) groups is 2. The summed E-state index contributed by atoms with van der Waals surface area (Å²) in [5, 5.41) is 7.66. The number of hydrogen-bond donors (Lipinski definition) is 1. The number of aryl methyl sites for hydroxylation is 1. The van der Waals surface area contributed by atoms with Gasteiger partial charge in [0.25, 0.3) is 5.91 Å². The molecular weight excluding hydrogens is 480 g/mol. The molecule has 2 aromatic carbocycles. The average Bonchev–Trinajstić information content (AvgIpc) is 3.16. The van der Waals surface area contributed by atoms with Gasteiger partial charge in [0.15, 0.2) is 6.10 Å². The summed E-state index contributed by atoms with van der Waals surface area (Å²) in [5.41, 5.74) is 4.08. The van der Waals surface area contributed by atoms with Crippen LogP contribution in [0.1, 0.15) is 23.7 Å². The lowest BCUT2D eigenvalue weighted by Crippen LogP contribution is -2.36. The van der Waals surface area contributed by atoms with Gasteiger partial charge in [0.2, 0.25) is 0 Å². The Morgan fingerprint density at radius 1 is 1.14 bits per heavy atom. The Hall–Kier alpha value is -3.62. The molecule has 4 rings (SSSR count). The highest BCUT2D eigenvalue weighted by atomic mass is 35.5. The number of hydrogen-bond acceptors (Lipinski definition) is 6. The van der Waals surface area contributed by atoms with Crippen molar-refractivity contribution in [2.75, 3.05) is 36.5 Å². The van der Waals surface area contributed by atoms with Crippen LogP contribution in [0.4, 0.5) is 11.4 Å². The number of esters is 1. The maximum Gasteiger partial charge on any atom is 0.331 e. The van der Waals surface area contributed by atoms with Crippen molar-refractivity contribution in [3.05, 3.63) is 82.6 Å². The summed E-state index contributed by atoms with van der Waals surface area (Å²) in [6.07, 6.45) is 1.84. The Balaban J connectivity index is 1.30. The average molecular weight is 509 g/mol. The minimum absolute atomic E-state index is 0.416. The molecule has 1 saturated heterocycles. The second-order valence-electron chi connectivity index (χ2n) is 8.48. The maximum atomic E-state index is 12.5. The molecule has 0 aliphatic carbocycles. The number of nitrogens with zero attached hydrogens (tertiary/aromatic N) is 3. The largest absolute Gasteiger partial charge is 0.449 e. The topological polar surface area (TPSA) is 85.7 Å². The first kappa shape index (κ1) is 25.5. The molecule has 0 radical (unpaired) electrons. The zero-order valence-corrected chi connectivity index (χ0v) is 21.1. The number of morpholine rings is 1. The van der Waals surface area contributed by atoms with Crippen LogP contribution in [0.5, 0.6) is 0 Å². The van der Waals surface area contributed by atoms with Crippen molar-refractivity contribution < 1.29 is 19.1 Å². The Kier molecular flexibility index (Phi) is 8.40. The summed E-state index contributed by atoms with van der Waals surface area (Å²) in [4.78, 5) is 27.1. The molecule has 1 fully saturated rings. The van der Waals surface area contributed by atoms with Crippen LogP contribution in [0, 0.1) is 6.92 Å². The van der Waals surface area contributed by atoms with Crippen LogP contribution in [-0.2, 0) is 25.6 Å². The van der Waals surface area contributed by atoms with Gasteiger partial charge in [0.1, 0.15) is 5.15 Å². The van der Waals surface area contributed by atoms with E-state index in [1.165, 1.54) is 13.0 Å². The molecule has 1 amide bonds. The summed E-state index contributed by atoms with van der Waals surface area (Å²) in [6.45, 7) is 6.95. The summed E-state index contributed by atoms with van der Waals surface area (Å²) < 4.78 is 12.3. The monoisotopic (exact) mass is 508 g/mol. The van der Waals surface area contributed by atoms with E-state index in [0.717, 1.165) is 24.3 Å². The van der Waals surface area contributed by atoms with Gasteiger partial charge in [-0.15, -0.1) is 0 Å². The molecule has 1 atom stereocenters. The van der Waals surface area contributed by atoms with E-state index in [0.29, 0.717) is 41.9 Å². The molecular formula is C27H29ClN4O4. The zero-order chi connectivity index (χ0) is 25.5. The van der Waals surface area contributed by atoms with Crippen molar-refractivity contribution in [3.63, 3.8) is 0 Å². The van der Waals surface area contributed by atoms with Crippen LogP contribution in [-0.4, -0.2) is 54.1 Å². The molecule has 1 aromatic heterocycles. The molecule has 2 heterocycles. The highest BCUT2D eigenvalue weighted by Gasteiger charge is 2.18. The fourth-order valence-electron chi connectivity index (χ4n) is 3.86. The predicted octanol–water partition coefficient (Wildman–Crippen LogP) is 4.31. The molecule has 1 aliphatic heterocycles. The van der Waals surface area contributed by atoms with Gasteiger partial charge in [-0.25, -0.2) is 9.48 Å². The molecule has 36 heavy (non-hydrogen) atoms. The van der Waals surface area contributed by atoms with E-state index >= 15 is 0 Å². The van der Waals surface area contributed by atoms with Crippen molar-refractivity contribution >= 4 is 40.9 Å². The lowest BCUT2D eigenvalue weighted by Gasteiger charge is -2.28. The van der Waals surface area contributed by atoms with Crippen molar-refractivity contribution in [3.8, 4) is 0 Å². The van der Waals surface area contributed by atoms with E-state index in [2.05, 4.69) is 15.3 Å². The van der Waals surface area contributed by atoms with E-state index in [-0.39, 0.29) is 0 Å². The number of ether oxygens (including phenoxy) is 2. The first-order chi connectivity index (χ1) is 17.4. The number of nitrogens with one attached hydrogen (secondary N) is 1. The first-order valence-corrected chi connectivity index (χ1v) is 12.2. The molecule has 0 bridgehead atoms. The number of anilines is 2. The van der Waals surface area contributed by atoms with E-state index in [1.54, 1.807) is 10.8 Å². The highest BCUT2D eigenvalue weighted by Crippen LogP contribution is 2.23. The van der Waals surface area contributed by atoms with Crippen molar-refractivity contribution in [1.29, 1.82) is 0 Å². The number of aromatic nitrogens is 2. The summed E-state index contributed by atoms with van der Waals surface area (Å²) in [5.74, 6) is -1.06. The number of halogens is 1. The third kappa shape index (κ3) is 6.53. The Morgan fingerprint density at radius 2 is 1.83 bits per heavy atom. The second kappa shape index (κ2) is 11.9. The van der Waals surface area contributed by atoms with Crippen LogP contribution in [0.3, 0.4) is 0 Å². The van der Waals surface area contributed by atoms with Gasteiger partial charge in [0, 0.05) is 36.1 Å². The first-order valence-electron chi connectivity index (χ1n) is 11.8. The van der Waals surface area contributed by atoms with Gasteiger partial charge in [0.05, 0.1) is 25.5 Å². The van der Waals surface area contributed by atoms with Gasteiger partial charge < -0.3 is 19.7 Å². The molecule has 8 nitrogen and oxygen atoms in total. The molecule has 0 spiro atoms. The molecule has 1 aliphatic rings. The van der Waals surface area contributed by atoms with Crippen LogP contribution in [0.15, 0.2) is 60.7 Å². The minimum atomic E-state index is -0.974. The number of amides is 1. The van der Waals surface area contributed by atoms with E-state index < -0.39 is 18.0 Å². The smallest absolute Gasteiger partial charge is 0.331 e. The molecule has 188 valence electrons. The SMILES string of the molecule is Cc1nn(Cc2ccccc2)c(Cl)c1/C=C/C(=O)OC(C)C(=O)Nc1ccc(N2CCOCC2)cc1. The predicted molar refractivity (Wildman–Crippen MR) is 140 cm³/mol. The van der Waals surface area contributed by atoms with Crippen LogP contribution < -0.4 is 10.2 Å². The molecule has 1 unspecified atom stereocenters. The number of rotatable bonds is 8. The molecule has 9 heteroatoms. The van der Waals surface area contributed by atoms with Crippen LogP contribution >= 0.6 is 11.6 Å². The number of carbonyl (C=O) groups excluding carboxylic acids is 2. The Labute approximate surface area is 215 Å². The Bertz CT molecular complexity index is 1220. The maximum absolute atomic E-state index is 12.5. The van der Waals surface area contributed by atoms with Crippen molar-refractivity contribution in [1.82, 2.24) is 9.78 Å². The fraction of sp³-hybridized carbons (Fsp3) is 0.296. The normalized spacial score (nSPS) is 14.6. The lowest BCUT2D eigenvalue weighted by atomic mass is 10.2. The van der Waals surface area contributed by atoms with Crippen molar-refractivity contribution in [2.24, 2.45) is 0 Å².